The first-order valence-corrected chi connectivity index (χ1v) is 7.03. The highest BCUT2D eigenvalue weighted by Crippen LogP contribution is 2.21. The molecule has 0 radical (unpaired) electrons. The maximum Gasteiger partial charge on any atom is 0.310 e. The second kappa shape index (κ2) is 6.70. The molecule has 0 bridgehead atoms. The Labute approximate surface area is 118 Å². The molecule has 1 aliphatic rings. The molecule has 20 heavy (non-hydrogen) atoms. The van der Waals surface area contributed by atoms with Crippen molar-refractivity contribution in [1.82, 2.24) is 4.90 Å². The number of rotatable bonds is 4. The Hall–Kier alpha value is -1.62. The van der Waals surface area contributed by atoms with E-state index in [4.69, 9.17) is 10.5 Å². The number of benzene rings is 1. The highest BCUT2D eigenvalue weighted by atomic mass is 19.1. The van der Waals surface area contributed by atoms with E-state index in [1.807, 2.05) is 13.0 Å². The van der Waals surface area contributed by atoms with E-state index in [9.17, 15) is 9.18 Å². The van der Waals surface area contributed by atoms with Crippen LogP contribution in [0.3, 0.4) is 0 Å². The van der Waals surface area contributed by atoms with Crippen LogP contribution in [0.2, 0.25) is 0 Å². The highest BCUT2D eigenvalue weighted by Gasteiger charge is 2.26. The Kier molecular flexibility index (Phi) is 4.95. The van der Waals surface area contributed by atoms with Crippen molar-refractivity contribution < 1.29 is 13.9 Å². The number of nitrogens with zero attached hydrogens (tertiary/aromatic N) is 1. The molecular weight excluding hydrogens is 259 g/mol. The Morgan fingerprint density at radius 2 is 2.35 bits per heavy atom. The van der Waals surface area contributed by atoms with Crippen LogP contribution in [0.1, 0.15) is 25.3 Å². The first-order chi connectivity index (χ1) is 9.60. The van der Waals surface area contributed by atoms with Crippen LogP contribution in [-0.4, -0.2) is 30.6 Å². The Bertz CT molecular complexity index is 479. The summed E-state index contributed by atoms with van der Waals surface area (Å²) >= 11 is 0. The van der Waals surface area contributed by atoms with Crippen molar-refractivity contribution in [3.63, 3.8) is 0 Å². The number of carbonyl (C=O) groups excluding carboxylic acids is 1. The van der Waals surface area contributed by atoms with E-state index < -0.39 is 0 Å². The van der Waals surface area contributed by atoms with Crippen LogP contribution >= 0.6 is 0 Å². The minimum atomic E-state index is -0.388. The molecule has 1 saturated heterocycles. The molecule has 1 aliphatic heterocycles. The van der Waals surface area contributed by atoms with E-state index in [0.29, 0.717) is 19.7 Å². The summed E-state index contributed by atoms with van der Waals surface area (Å²) in [6.45, 7) is 4.45. The first-order valence-electron chi connectivity index (χ1n) is 7.03. The van der Waals surface area contributed by atoms with Gasteiger partial charge in [0.1, 0.15) is 5.82 Å². The summed E-state index contributed by atoms with van der Waals surface area (Å²) in [5.41, 5.74) is 6.51. The van der Waals surface area contributed by atoms with Gasteiger partial charge < -0.3 is 10.5 Å². The van der Waals surface area contributed by atoms with Crippen molar-refractivity contribution in [2.75, 3.05) is 25.4 Å². The topological polar surface area (TPSA) is 55.6 Å². The van der Waals surface area contributed by atoms with Crippen LogP contribution in [0.25, 0.3) is 0 Å². The number of carbonyl (C=O) groups is 1. The lowest BCUT2D eigenvalue weighted by Crippen LogP contribution is -2.38. The van der Waals surface area contributed by atoms with Gasteiger partial charge in [0.25, 0.3) is 0 Å². The molecule has 2 rings (SSSR count). The summed E-state index contributed by atoms with van der Waals surface area (Å²) in [4.78, 5) is 13.9. The average Bonchev–Trinajstić information content (AvgIpc) is 2.43. The molecule has 0 spiro atoms. The quantitative estimate of drug-likeness (QED) is 0.678. The zero-order valence-electron chi connectivity index (χ0n) is 11.8. The Morgan fingerprint density at radius 1 is 1.55 bits per heavy atom. The van der Waals surface area contributed by atoms with Crippen LogP contribution < -0.4 is 5.73 Å². The predicted octanol–water partition coefficient (Wildman–Crippen LogP) is 2.18. The van der Waals surface area contributed by atoms with Crippen molar-refractivity contribution >= 4 is 11.7 Å². The fourth-order valence-corrected chi connectivity index (χ4v) is 2.58. The van der Waals surface area contributed by atoms with Crippen molar-refractivity contribution in [1.29, 1.82) is 0 Å². The summed E-state index contributed by atoms with van der Waals surface area (Å²) in [5.74, 6) is -0.579. The summed E-state index contributed by atoms with van der Waals surface area (Å²) in [6, 6.07) is 4.87. The van der Waals surface area contributed by atoms with Crippen molar-refractivity contribution in [3.8, 4) is 0 Å². The molecule has 1 aromatic rings. The third-order valence-electron chi connectivity index (χ3n) is 3.60. The lowest BCUT2D eigenvalue weighted by molar-refractivity contribution is -0.150. The Balaban J connectivity index is 1.95. The SMILES string of the molecule is CCOC(=O)[C@H]1CCCN(Cc2ccc(N)c(F)c2)C1. The molecular formula is C15H21FN2O2. The second-order valence-electron chi connectivity index (χ2n) is 5.18. The van der Waals surface area contributed by atoms with E-state index in [-0.39, 0.29) is 23.4 Å². The van der Waals surface area contributed by atoms with Crippen molar-refractivity contribution in [3.05, 3.63) is 29.6 Å². The smallest absolute Gasteiger partial charge is 0.310 e. The van der Waals surface area contributed by atoms with Gasteiger partial charge in [-0.05, 0) is 44.0 Å². The van der Waals surface area contributed by atoms with E-state index in [0.717, 1.165) is 24.9 Å². The van der Waals surface area contributed by atoms with E-state index in [1.165, 1.54) is 6.07 Å². The number of nitrogen functional groups attached to an aromatic ring is 1. The molecule has 1 fully saturated rings. The monoisotopic (exact) mass is 280 g/mol. The van der Waals surface area contributed by atoms with E-state index in [2.05, 4.69) is 4.90 Å². The van der Waals surface area contributed by atoms with Crippen LogP contribution in [0.4, 0.5) is 10.1 Å². The largest absolute Gasteiger partial charge is 0.466 e. The van der Waals surface area contributed by atoms with Crippen molar-refractivity contribution in [2.45, 2.75) is 26.3 Å². The van der Waals surface area contributed by atoms with Crippen molar-refractivity contribution in [2.24, 2.45) is 5.92 Å². The summed E-state index contributed by atoms with van der Waals surface area (Å²) in [5, 5.41) is 0. The van der Waals surface area contributed by atoms with Gasteiger partial charge >= 0.3 is 5.97 Å². The minimum absolute atomic E-state index is 0.0673. The molecule has 1 aromatic carbocycles. The van der Waals surface area contributed by atoms with Gasteiger partial charge in [-0.3, -0.25) is 9.69 Å². The van der Waals surface area contributed by atoms with Gasteiger partial charge in [-0.15, -0.1) is 0 Å². The zero-order valence-corrected chi connectivity index (χ0v) is 11.8. The maximum absolute atomic E-state index is 13.4. The lowest BCUT2D eigenvalue weighted by atomic mass is 9.97. The minimum Gasteiger partial charge on any atom is -0.466 e. The van der Waals surface area contributed by atoms with Crippen LogP contribution in [-0.2, 0) is 16.1 Å². The van der Waals surface area contributed by atoms with Crippen LogP contribution in [0.5, 0.6) is 0 Å². The number of likely N-dealkylation sites (tertiary alicyclic amines) is 1. The van der Waals surface area contributed by atoms with Crippen LogP contribution in [0, 0.1) is 11.7 Å². The fraction of sp³-hybridized carbons (Fsp3) is 0.533. The maximum atomic E-state index is 13.4. The molecule has 4 nitrogen and oxygen atoms in total. The normalized spacial score (nSPS) is 19.8. The molecule has 0 unspecified atom stereocenters. The van der Waals surface area contributed by atoms with E-state index in [1.54, 1.807) is 6.07 Å². The number of halogens is 1. The third kappa shape index (κ3) is 3.70. The van der Waals surface area contributed by atoms with Gasteiger partial charge in [0, 0.05) is 13.1 Å². The lowest BCUT2D eigenvalue weighted by Gasteiger charge is -2.31. The van der Waals surface area contributed by atoms with Gasteiger partial charge in [-0.2, -0.15) is 0 Å². The van der Waals surface area contributed by atoms with E-state index >= 15 is 0 Å². The second-order valence-corrected chi connectivity index (χ2v) is 5.18. The third-order valence-corrected chi connectivity index (χ3v) is 3.60. The van der Waals surface area contributed by atoms with Gasteiger partial charge in [0.15, 0.2) is 0 Å². The molecule has 0 aliphatic carbocycles. The molecule has 110 valence electrons. The summed E-state index contributed by atoms with van der Waals surface area (Å²) < 4.78 is 18.5. The molecule has 5 heteroatoms. The molecule has 0 saturated carbocycles. The summed E-state index contributed by atoms with van der Waals surface area (Å²) in [7, 11) is 0. The van der Waals surface area contributed by atoms with Gasteiger partial charge in [0.05, 0.1) is 18.2 Å². The summed E-state index contributed by atoms with van der Waals surface area (Å²) in [6.07, 6.45) is 1.83. The molecule has 2 N–H and O–H groups in total. The number of esters is 1. The number of piperidine rings is 1. The number of anilines is 1. The molecule has 0 amide bonds. The predicted molar refractivity (Wildman–Crippen MR) is 75.4 cm³/mol. The number of hydrogen-bond donors (Lipinski definition) is 1. The van der Waals surface area contributed by atoms with Crippen LogP contribution in [0.15, 0.2) is 18.2 Å². The van der Waals surface area contributed by atoms with Gasteiger partial charge in [-0.25, -0.2) is 4.39 Å². The van der Waals surface area contributed by atoms with Gasteiger partial charge in [0.2, 0.25) is 0 Å². The average molecular weight is 280 g/mol. The van der Waals surface area contributed by atoms with Gasteiger partial charge in [-0.1, -0.05) is 6.07 Å². The fourth-order valence-electron chi connectivity index (χ4n) is 2.58. The zero-order chi connectivity index (χ0) is 14.5. The number of ether oxygens (including phenoxy) is 1. The number of nitrogens with two attached hydrogens (primary N) is 1. The molecule has 1 heterocycles. The first kappa shape index (κ1) is 14.8. The highest BCUT2D eigenvalue weighted by molar-refractivity contribution is 5.72. The molecule has 1 atom stereocenters. The molecule has 0 aromatic heterocycles. The standard InChI is InChI=1S/C15H21FN2O2/c1-2-20-15(19)12-4-3-7-18(10-12)9-11-5-6-14(17)13(16)8-11/h5-6,8,12H,2-4,7,9-10,17H2,1H3/t12-/m0/s1. The Morgan fingerprint density at radius 3 is 3.05 bits per heavy atom. The number of hydrogen-bond acceptors (Lipinski definition) is 4.